The zero-order valence-electron chi connectivity index (χ0n) is 10.0. The maximum absolute atomic E-state index is 10.5. The fourth-order valence-electron chi connectivity index (χ4n) is 1.21. The predicted octanol–water partition coefficient (Wildman–Crippen LogP) is 2.67. The van der Waals surface area contributed by atoms with Crippen molar-refractivity contribution in [1.82, 2.24) is 0 Å². The normalized spacial score (nSPS) is 10.5. The second-order valence-electron chi connectivity index (χ2n) is 3.27. The molecule has 0 aliphatic carbocycles. The first-order valence-electron chi connectivity index (χ1n) is 5.15. The van der Waals surface area contributed by atoms with E-state index in [1.807, 2.05) is 0 Å². The molecule has 0 unspecified atom stereocenters. The highest BCUT2D eigenvalue weighted by Crippen LogP contribution is 2.22. The SMILES string of the molecule is CC#CCO/C(O)=C(\[N+]#N)c1ccc([N+](=O)[O-])cc1. The molecule has 0 spiro atoms. The lowest BCUT2D eigenvalue weighted by atomic mass is 10.1. The number of diazo groups is 1. The van der Waals surface area contributed by atoms with Crippen LogP contribution in [0.15, 0.2) is 30.2 Å². The molecular weight excluding hydrogens is 250 g/mol. The molecule has 19 heavy (non-hydrogen) atoms. The smallest absolute Gasteiger partial charge is 0.471 e. The summed E-state index contributed by atoms with van der Waals surface area (Å²) in [5.41, 5.74) is -0.0684. The summed E-state index contributed by atoms with van der Waals surface area (Å²) < 4.78 is 4.84. The van der Waals surface area contributed by atoms with E-state index in [1.165, 1.54) is 24.3 Å². The van der Waals surface area contributed by atoms with Gasteiger partial charge in [-0.05, 0) is 19.1 Å². The van der Waals surface area contributed by atoms with Crippen LogP contribution in [0, 0.1) is 27.3 Å². The largest absolute Gasteiger partial charge is 0.475 e. The van der Waals surface area contributed by atoms with Gasteiger partial charge in [0, 0.05) is 12.1 Å². The van der Waals surface area contributed by atoms with E-state index in [9.17, 15) is 15.2 Å². The standard InChI is InChI=1S/C12H9N3O4/c1-2-3-8-19-12(16)11(14-13)9-4-6-10(7-5-9)15(17)18/h4-7H,8H2,1H3/p+1/b12-11-. The zero-order valence-corrected chi connectivity index (χ0v) is 10.0. The second-order valence-corrected chi connectivity index (χ2v) is 3.27. The molecule has 0 bridgehead atoms. The van der Waals surface area contributed by atoms with Crippen molar-refractivity contribution < 1.29 is 14.8 Å². The number of aliphatic hydroxyl groups is 1. The molecule has 0 saturated carbocycles. The maximum Gasteiger partial charge on any atom is 0.471 e. The van der Waals surface area contributed by atoms with E-state index in [2.05, 4.69) is 16.8 Å². The molecule has 0 amide bonds. The Morgan fingerprint density at radius 1 is 1.53 bits per heavy atom. The topological polar surface area (TPSA) is 101 Å². The number of non-ortho nitro benzene ring substituents is 1. The number of nitrogens with zero attached hydrogens (tertiary/aromatic N) is 3. The van der Waals surface area contributed by atoms with Crippen LogP contribution in [0.25, 0.3) is 10.7 Å². The van der Waals surface area contributed by atoms with Gasteiger partial charge in [0.1, 0.15) is 0 Å². The van der Waals surface area contributed by atoms with Crippen molar-refractivity contribution in [3.63, 3.8) is 0 Å². The van der Waals surface area contributed by atoms with Crippen molar-refractivity contribution in [1.29, 1.82) is 5.39 Å². The van der Waals surface area contributed by atoms with Crippen LogP contribution in [0.5, 0.6) is 0 Å². The summed E-state index contributed by atoms with van der Waals surface area (Å²) in [5, 5.41) is 28.9. The lowest BCUT2D eigenvalue weighted by molar-refractivity contribution is -0.384. The monoisotopic (exact) mass is 260 g/mol. The van der Waals surface area contributed by atoms with Crippen LogP contribution in [0.2, 0.25) is 0 Å². The van der Waals surface area contributed by atoms with Gasteiger partial charge in [-0.15, -0.1) is 5.92 Å². The third-order valence-corrected chi connectivity index (χ3v) is 2.11. The van der Waals surface area contributed by atoms with Crippen LogP contribution < -0.4 is 0 Å². The highest BCUT2D eigenvalue weighted by molar-refractivity contribution is 5.71. The minimum Gasteiger partial charge on any atom is -0.475 e. The Kier molecular flexibility index (Phi) is 4.88. The summed E-state index contributed by atoms with van der Waals surface area (Å²) in [5.74, 6) is 4.51. The Labute approximate surface area is 108 Å². The van der Waals surface area contributed by atoms with E-state index >= 15 is 0 Å². The molecule has 1 aromatic carbocycles. The van der Waals surface area contributed by atoms with Gasteiger partial charge in [-0.25, -0.2) is 0 Å². The summed E-state index contributed by atoms with van der Waals surface area (Å²) in [7, 11) is 0. The molecule has 7 heteroatoms. The molecule has 0 aliphatic heterocycles. The van der Waals surface area contributed by atoms with Gasteiger partial charge in [0.2, 0.25) is 5.39 Å². The molecule has 96 valence electrons. The molecule has 1 N–H and O–H groups in total. The molecule has 0 aliphatic rings. The van der Waals surface area contributed by atoms with Crippen molar-refractivity contribution in [2.45, 2.75) is 6.92 Å². The van der Waals surface area contributed by atoms with E-state index in [1.54, 1.807) is 6.92 Å². The van der Waals surface area contributed by atoms with Gasteiger partial charge in [-0.2, -0.15) is 0 Å². The summed E-state index contributed by atoms with van der Waals surface area (Å²) in [4.78, 5) is 12.8. The Balaban J connectivity index is 3.01. The fourth-order valence-corrected chi connectivity index (χ4v) is 1.21. The van der Waals surface area contributed by atoms with Gasteiger partial charge >= 0.3 is 11.6 Å². The predicted molar refractivity (Wildman–Crippen MR) is 67.1 cm³/mol. The lowest BCUT2D eigenvalue weighted by Crippen LogP contribution is -1.96. The molecular formula is C12H10N3O4+. The van der Waals surface area contributed by atoms with Gasteiger partial charge in [0.05, 0.1) is 10.5 Å². The van der Waals surface area contributed by atoms with Gasteiger partial charge in [-0.1, -0.05) is 5.92 Å². The Morgan fingerprint density at radius 2 is 2.16 bits per heavy atom. The molecule has 0 aromatic heterocycles. The number of hydrogen-bond acceptors (Lipinski definition) is 5. The molecule has 0 fully saturated rings. The molecule has 1 aromatic rings. The second kappa shape index (κ2) is 6.62. The Morgan fingerprint density at radius 3 is 2.63 bits per heavy atom. The van der Waals surface area contributed by atoms with Crippen molar-refractivity contribution >= 4 is 11.4 Å². The maximum atomic E-state index is 10.5. The number of rotatable bonds is 4. The summed E-state index contributed by atoms with van der Waals surface area (Å²) >= 11 is 0. The first-order valence-corrected chi connectivity index (χ1v) is 5.15. The highest BCUT2D eigenvalue weighted by atomic mass is 16.6. The number of hydrogen-bond donors (Lipinski definition) is 1. The van der Waals surface area contributed by atoms with Crippen LogP contribution in [-0.4, -0.2) is 16.6 Å². The number of benzene rings is 1. The summed E-state index contributed by atoms with van der Waals surface area (Å²) in [6.45, 7) is 1.55. The minimum absolute atomic E-state index is 0.0612. The quantitative estimate of drug-likeness (QED) is 0.295. The molecule has 0 radical (unpaired) electrons. The number of nitro groups is 1. The number of nitro benzene ring substituents is 1. The van der Waals surface area contributed by atoms with Crippen molar-refractivity contribution in [3.8, 4) is 11.8 Å². The van der Waals surface area contributed by atoms with E-state index in [-0.39, 0.29) is 23.6 Å². The van der Waals surface area contributed by atoms with Crippen LogP contribution in [0.4, 0.5) is 5.69 Å². The van der Waals surface area contributed by atoms with Crippen LogP contribution in [0.3, 0.4) is 0 Å². The Bertz CT molecular complexity index is 603. The van der Waals surface area contributed by atoms with Crippen molar-refractivity contribution in [3.05, 3.63) is 50.9 Å². The average molecular weight is 260 g/mol. The first kappa shape index (κ1) is 14.0. The summed E-state index contributed by atoms with van der Waals surface area (Å²) in [6, 6.07) is 5.11. The van der Waals surface area contributed by atoms with E-state index < -0.39 is 10.9 Å². The van der Waals surface area contributed by atoms with Gasteiger partial charge in [0.15, 0.2) is 11.6 Å². The number of ether oxygens (including phenoxy) is 1. The van der Waals surface area contributed by atoms with Crippen LogP contribution in [0.1, 0.15) is 12.5 Å². The molecule has 0 saturated heterocycles. The third kappa shape index (κ3) is 3.72. The molecule has 0 atom stereocenters. The highest BCUT2D eigenvalue weighted by Gasteiger charge is 2.24. The average Bonchev–Trinajstić information content (AvgIpc) is 2.40. The van der Waals surface area contributed by atoms with Crippen molar-refractivity contribution in [2.24, 2.45) is 0 Å². The van der Waals surface area contributed by atoms with Crippen LogP contribution >= 0.6 is 0 Å². The molecule has 1 rings (SSSR count). The van der Waals surface area contributed by atoms with E-state index in [4.69, 9.17) is 10.1 Å². The van der Waals surface area contributed by atoms with Crippen molar-refractivity contribution in [2.75, 3.05) is 6.61 Å². The molecule has 0 heterocycles. The zero-order chi connectivity index (χ0) is 14.3. The lowest BCUT2D eigenvalue weighted by Gasteiger charge is -1.97. The fraction of sp³-hybridized carbons (Fsp3) is 0.167. The van der Waals surface area contributed by atoms with Gasteiger partial charge in [0.25, 0.3) is 5.69 Å². The van der Waals surface area contributed by atoms with E-state index in [0.29, 0.717) is 0 Å². The van der Waals surface area contributed by atoms with Gasteiger partial charge < -0.3 is 9.84 Å². The Hall–Kier alpha value is -3.06. The molecule has 7 nitrogen and oxygen atoms in total. The third-order valence-electron chi connectivity index (χ3n) is 2.11. The summed E-state index contributed by atoms with van der Waals surface area (Å²) in [6.07, 6.45) is 0. The van der Waals surface area contributed by atoms with E-state index in [0.717, 1.165) is 0 Å². The van der Waals surface area contributed by atoms with Gasteiger partial charge in [-0.3, -0.25) is 10.1 Å². The van der Waals surface area contributed by atoms with Crippen LogP contribution in [-0.2, 0) is 4.74 Å². The number of aliphatic hydroxyl groups excluding tert-OH is 1. The minimum atomic E-state index is -0.612. The first-order chi connectivity index (χ1) is 9.10.